The van der Waals surface area contributed by atoms with E-state index in [4.69, 9.17) is 31.9 Å². The normalized spacial score (nSPS) is 12.4. The molecule has 0 aromatic heterocycles. The highest BCUT2D eigenvalue weighted by molar-refractivity contribution is 5.84. The van der Waals surface area contributed by atoms with E-state index in [0.29, 0.717) is 0 Å². The van der Waals surface area contributed by atoms with Crippen molar-refractivity contribution in [2.75, 3.05) is 58.9 Å². The highest BCUT2D eigenvalue weighted by Gasteiger charge is 2.29. The number of carboxylic acid groups (broad SMARTS) is 6. The molecule has 43 heavy (non-hydrogen) atoms. The van der Waals surface area contributed by atoms with Gasteiger partial charge in [-0.3, -0.25) is 48.5 Å². The van der Waals surface area contributed by atoms with Crippen LogP contribution in [0, 0.1) is 0 Å². The molecular formula is C23H39N7O13. The number of hydrogen-bond donors (Lipinski definition) is 9. The van der Waals surface area contributed by atoms with E-state index in [2.05, 4.69) is 10.3 Å². The SMILES string of the molecule is NC(N)=NCCC[C@H](NC(=O)CC[C@@H](C(=O)O)N(CCN(CC(=O)O)CC(=O)O)CCN(CC(=O)O)CC(=O)O)C(=O)O. The highest BCUT2D eigenvalue weighted by Crippen LogP contribution is 2.11. The summed E-state index contributed by atoms with van der Waals surface area (Å²) in [5, 5.41) is 58.0. The van der Waals surface area contributed by atoms with E-state index in [9.17, 15) is 43.8 Å². The Morgan fingerprint density at radius 1 is 0.651 bits per heavy atom. The second-order valence-corrected chi connectivity index (χ2v) is 9.33. The van der Waals surface area contributed by atoms with Gasteiger partial charge in [-0.15, -0.1) is 0 Å². The average molecular weight is 622 g/mol. The van der Waals surface area contributed by atoms with Gasteiger partial charge in [-0.1, -0.05) is 0 Å². The van der Waals surface area contributed by atoms with E-state index < -0.39 is 86.4 Å². The van der Waals surface area contributed by atoms with Crippen LogP contribution in [0.25, 0.3) is 0 Å². The van der Waals surface area contributed by atoms with Gasteiger partial charge in [0.1, 0.15) is 12.1 Å². The van der Waals surface area contributed by atoms with Crippen molar-refractivity contribution in [1.82, 2.24) is 20.0 Å². The van der Waals surface area contributed by atoms with Crippen molar-refractivity contribution in [1.29, 1.82) is 0 Å². The summed E-state index contributed by atoms with van der Waals surface area (Å²) in [7, 11) is 0. The monoisotopic (exact) mass is 621 g/mol. The van der Waals surface area contributed by atoms with Gasteiger partial charge in [0.25, 0.3) is 0 Å². The van der Waals surface area contributed by atoms with E-state index in [1.54, 1.807) is 0 Å². The molecular weight excluding hydrogens is 582 g/mol. The Kier molecular flexibility index (Phi) is 18.2. The third kappa shape index (κ3) is 19.2. The summed E-state index contributed by atoms with van der Waals surface area (Å²) < 4.78 is 0. The number of nitrogens with two attached hydrogens (primary N) is 2. The number of guanidine groups is 1. The Morgan fingerprint density at radius 2 is 1.09 bits per heavy atom. The van der Waals surface area contributed by atoms with Crippen molar-refractivity contribution in [3.63, 3.8) is 0 Å². The molecule has 11 N–H and O–H groups in total. The smallest absolute Gasteiger partial charge is 0.326 e. The van der Waals surface area contributed by atoms with E-state index >= 15 is 0 Å². The Morgan fingerprint density at radius 3 is 1.44 bits per heavy atom. The van der Waals surface area contributed by atoms with E-state index in [0.717, 1.165) is 9.80 Å². The Bertz CT molecular complexity index is 948. The maximum atomic E-state index is 12.5. The van der Waals surface area contributed by atoms with Crippen molar-refractivity contribution in [3.8, 4) is 0 Å². The van der Waals surface area contributed by atoms with Gasteiger partial charge in [-0.05, 0) is 19.3 Å². The van der Waals surface area contributed by atoms with Gasteiger partial charge in [-0.2, -0.15) is 0 Å². The zero-order valence-electron chi connectivity index (χ0n) is 23.3. The number of nitrogens with one attached hydrogen (secondary N) is 1. The van der Waals surface area contributed by atoms with Gasteiger partial charge in [0.2, 0.25) is 5.91 Å². The molecule has 0 saturated heterocycles. The second-order valence-electron chi connectivity index (χ2n) is 9.33. The molecule has 0 saturated carbocycles. The summed E-state index contributed by atoms with van der Waals surface area (Å²) in [6.45, 7) is -3.68. The molecule has 0 fully saturated rings. The molecule has 0 rings (SSSR count). The molecule has 244 valence electrons. The van der Waals surface area contributed by atoms with Crippen molar-refractivity contribution in [2.45, 2.75) is 37.8 Å². The van der Waals surface area contributed by atoms with Gasteiger partial charge in [-0.25, -0.2) is 4.79 Å². The molecule has 0 aromatic carbocycles. The maximum Gasteiger partial charge on any atom is 0.326 e. The largest absolute Gasteiger partial charge is 0.480 e. The lowest BCUT2D eigenvalue weighted by Crippen LogP contribution is -2.50. The van der Waals surface area contributed by atoms with Crippen molar-refractivity contribution < 1.29 is 64.2 Å². The number of amides is 1. The topological polar surface area (TPSA) is 327 Å². The summed E-state index contributed by atoms with van der Waals surface area (Å²) in [5.74, 6) is -9.16. The van der Waals surface area contributed by atoms with Gasteiger partial charge < -0.3 is 47.4 Å². The molecule has 0 heterocycles. The molecule has 20 nitrogen and oxygen atoms in total. The molecule has 0 unspecified atom stereocenters. The molecule has 0 aromatic rings. The summed E-state index contributed by atoms with van der Waals surface area (Å²) in [6, 6.07) is -2.77. The minimum absolute atomic E-state index is 0.0294. The van der Waals surface area contributed by atoms with Gasteiger partial charge in [0.05, 0.1) is 26.2 Å². The van der Waals surface area contributed by atoms with E-state index in [-0.39, 0.29) is 57.9 Å². The van der Waals surface area contributed by atoms with Crippen LogP contribution in [0.2, 0.25) is 0 Å². The predicted octanol–water partition coefficient (Wildman–Crippen LogP) is -3.91. The Labute approximate surface area is 245 Å². The molecule has 2 atom stereocenters. The number of aliphatic carboxylic acids is 6. The summed E-state index contributed by atoms with van der Waals surface area (Å²) in [4.78, 5) is 87.9. The lowest BCUT2D eigenvalue weighted by Gasteiger charge is -2.32. The number of carboxylic acids is 6. The fourth-order valence-electron chi connectivity index (χ4n) is 3.91. The van der Waals surface area contributed by atoms with Crippen molar-refractivity contribution >= 4 is 47.7 Å². The summed E-state index contributed by atoms with van der Waals surface area (Å²) >= 11 is 0. The van der Waals surface area contributed by atoms with Crippen LogP contribution >= 0.6 is 0 Å². The zero-order chi connectivity index (χ0) is 33.1. The number of carbonyl (C=O) groups is 7. The zero-order valence-corrected chi connectivity index (χ0v) is 23.3. The van der Waals surface area contributed by atoms with E-state index in [1.807, 2.05) is 0 Å². The number of nitrogens with zero attached hydrogens (tertiary/aromatic N) is 4. The predicted molar refractivity (Wildman–Crippen MR) is 145 cm³/mol. The fourth-order valence-corrected chi connectivity index (χ4v) is 3.91. The first-order chi connectivity index (χ1) is 20.0. The van der Waals surface area contributed by atoms with Crippen LogP contribution in [-0.2, 0) is 33.6 Å². The van der Waals surface area contributed by atoms with Crippen LogP contribution < -0.4 is 16.8 Å². The van der Waals surface area contributed by atoms with Gasteiger partial charge in [0, 0.05) is 39.1 Å². The fraction of sp³-hybridized carbons (Fsp3) is 0.652. The molecule has 0 aliphatic rings. The molecule has 1 amide bonds. The van der Waals surface area contributed by atoms with Gasteiger partial charge in [0.15, 0.2) is 5.96 Å². The minimum atomic E-state index is -1.45. The lowest BCUT2D eigenvalue weighted by atomic mass is 10.1. The molecule has 0 bridgehead atoms. The number of hydrogen-bond acceptors (Lipinski definition) is 11. The first-order valence-electron chi connectivity index (χ1n) is 12.9. The molecule has 0 aliphatic carbocycles. The standard InChI is InChI=1S/C23H39N7O13/c24-23(25)26-5-1-2-14(21(40)41)27-16(31)4-3-15(22(42)43)30(8-6-28(10-17(32)33)11-18(34)35)9-7-29(12-19(36)37)13-20(38)39/h14-15H,1-13H2,(H,27,31)(H,32,33)(H,34,35)(H,36,37)(H,38,39)(H,40,41)(H,42,43)(H4,24,25,26)/t14-,15-/m0/s1. The first kappa shape index (κ1) is 38.4. The van der Waals surface area contributed by atoms with E-state index in [1.165, 1.54) is 4.90 Å². The average Bonchev–Trinajstić information content (AvgIpc) is 2.84. The van der Waals surface area contributed by atoms with Crippen LogP contribution in [-0.4, -0.2) is 164 Å². The third-order valence-electron chi connectivity index (χ3n) is 5.79. The third-order valence-corrected chi connectivity index (χ3v) is 5.79. The van der Waals surface area contributed by atoms with Crippen LogP contribution in [0.1, 0.15) is 25.7 Å². The van der Waals surface area contributed by atoms with Crippen LogP contribution in [0.4, 0.5) is 0 Å². The van der Waals surface area contributed by atoms with Crippen LogP contribution in [0.3, 0.4) is 0 Å². The van der Waals surface area contributed by atoms with Gasteiger partial charge >= 0.3 is 35.8 Å². The second kappa shape index (κ2) is 20.3. The maximum absolute atomic E-state index is 12.5. The molecule has 0 radical (unpaired) electrons. The number of rotatable bonds is 25. The Hall–Kier alpha value is -4.56. The lowest BCUT2D eigenvalue weighted by molar-refractivity contribution is -0.146. The van der Waals surface area contributed by atoms with Crippen LogP contribution in [0.5, 0.6) is 0 Å². The Balaban J connectivity index is 5.75. The first-order valence-corrected chi connectivity index (χ1v) is 12.9. The molecule has 0 spiro atoms. The van der Waals surface area contributed by atoms with Crippen molar-refractivity contribution in [3.05, 3.63) is 0 Å². The van der Waals surface area contributed by atoms with Crippen molar-refractivity contribution in [2.24, 2.45) is 16.5 Å². The molecule has 20 heteroatoms. The summed E-state index contributed by atoms with van der Waals surface area (Å²) in [6.07, 6.45) is -0.657. The molecule has 0 aliphatic heterocycles. The van der Waals surface area contributed by atoms with Crippen LogP contribution in [0.15, 0.2) is 4.99 Å². The number of carbonyl (C=O) groups excluding carboxylic acids is 1. The minimum Gasteiger partial charge on any atom is -0.480 e. The quantitative estimate of drug-likeness (QED) is 0.0267. The summed E-state index contributed by atoms with van der Waals surface area (Å²) in [5.41, 5.74) is 10.4. The number of aliphatic imine (C=N–C) groups is 1. The highest BCUT2D eigenvalue weighted by atomic mass is 16.4.